The lowest BCUT2D eigenvalue weighted by atomic mass is 9.87. The maximum atomic E-state index is 5.89. The molecule has 2 nitrogen and oxygen atoms in total. The molecule has 0 aromatic heterocycles. The van der Waals surface area contributed by atoms with Gasteiger partial charge in [-0.05, 0) is 31.2 Å². The van der Waals surface area contributed by atoms with Crippen LogP contribution in [0.1, 0.15) is 78.6 Å². The van der Waals surface area contributed by atoms with E-state index >= 15 is 0 Å². The first-order valence-corrected chi connectivity index (χ1v) is 7.47. The lowest BCUT2D eigenvalue weighted by Crippen LogP contribution is -2.23. The average molecular weight is 242 g/mol. The van der Waals surface area contributed by atoms with Crippen LogP contribution in [0.5, 0.6) is 0 Å². The topological polar surface area (TPSA) is 52.0 Å². The molecule has 0 spiro atoms. The van der Waals surface area contributed by atoms with Gasteiger partial charge in [0.2, 0.25) is 0 Å². The van der Waals surface area contributed by atoms with E-state index in [2.05, 4.69) is 20.8 Å². The first kappa shape index (κ1) is 16.9. The Labute approximate surface area is 109 Å². The molecule has 0 radical (unpaired) electrons. The number of hydrogen-bond acceptors (Lipinski definition) is 2. The van der Waals surface area contributed by atoms with Crippen LogP contribution < -0.4 is 11.5 Å². The molecule has 0 bridgehead atoms. The van der Waals surface area contributed by atoms with E-state index in [1.165, 1.54) is 51.4 Å². The summed E-state index contributed by atoms with van der Waals surface area (Å²) in [6, 6.07) is 0.431. The molecule has 17 heavy (non-hydrogen) atoms. The molecule has 0 aliphatic heterocycles. The highest BCUT2D eigenvalue weighted by Crippen LogP contribution is 2.22. The van der Waals surface area contributed by atoms with Crippen molar-refractivity contribution >= 4 is 0 Å². The smallest absolute Gasteiger partial charge is 0.00362 e. The van der Waals surface area contributed by atoms with E-state index in [0.29, 0.717) is 11.5 Å². The van der Waals surface area contributed by atoms with Gasteiger partial charge in [0.15, 0.2) is 0 Å². The molecule has 0 fully saturated rings. The number of rotatable bonds is 11. The van der Waals surface area contributed by atoms with Crippen LogP contribution in [0.15, 0.2) is 0 Å². The summed E-state index contributed by atoms with van der Waals surface area (Å²) in [5.74, 6) is 0. The van der Waals surface area contributed by atoms with Crippen LogP contribution in [0.3, 0.4) is 0 Å². The van der Waals surface area contributed by atoms with Crippen molar-refractivity contribution in [2.45, 2.75) is 84.6 Å². The third kappa shape index (κ3) is 10.8. The van der Waals surface area contributed by atoms with Gasteiger partial charge in [0, 0.05) is 6.04 Å². The van der Waals surface area contributed by atoms with E-state index in [9.17, 15) is 0 Å². The Morgan fingerprint density at radius 1 is 0.941 bits per heavy atom. The van der Waals surface area contributed by atoms with Crippen molar-refractivity contribution in [3.63, 3.8) is 0 Å². The minimum atomic E-state index is 0.341. The Morgan fingerprint density at radius 2 is 1.47 bits per heavy atom. The highest BCUT2D eigenvalue weighted by Gasteiger charge is 2.13. The van der Waals surface area contributed by atoms with Crippen molar-refractivity contribution in [2.24, 2.45) is 16.9 Å². The molecule has 2 heteroatoms. The zero-order chi connectivity index (χ0) is 13.1. The van der Waals surface area contributed by atoms with Crippen LogP contribution in [0, 0.1) is 5.41 Å². The van der Waals surface area contributed by atoms with Gasteiger partial charge in [0.05, 0.1) is 0 Å². The molecule has 0 saturated heterocycles. The molecule has 0 aliphatic rings. The minimum Gasteiger partial charge on any atom is -0.330 e. The maximum absolute atomic E-state index is 5.89. The third-order valence-corrected chi connectivity index (χ3v) is 3.76. The molecule has 104 valence electrons. The van der Waals surface area contributed by atoms with Gasteiger partial charge in [-0.15, -0.1) is 0 Å². The first-order chi connectivity index (χ1) is 8.02. The van der Waals surface area contributed by atoms with E-state index in [-0.39, 0.29) is 0 Å². The Hall–Kier alpha value is -0.0800. The van der Waals surface area contributed by atoms with Gasteiger partial charge in [-0.3, -0.25) is 0 Å². The lowest BCUT2D eigenvalue weighted by molar-refractivity contribution is 0.330. The second-order valence-electron chi connectivity index (χ2n) is 6.20. The van der Waals surface area contributed by atoms with Crippen molar-refractivity contribution in [2.75, 3.05) is 6.54 Å². The molecule has 0 aromatic carbocycles. The van der Waals surface area contributed by atoms with Gasteiger partial charge in [-0.1, -0.05) is 59.3 Å². The predicted octanol–water partition coefficient (Wildman–Crippen LogP) is 3.83. The quantitative estimate of drug-likeness (QED) is 0.541. The predicted molar refractivity (Wildman–Crippen MR) is 78.0 cm³/mol. The van der Waals surface area contributed by atoms with Crippen molar-refractivity contribution < 1.29 is 0 Å². The van der Waals surface area contributed by atoms with Crippen LogP contribution in [0.2, 0.25) is 0 Å². The van der Waals surface area contributed by atoms with Crippen molar-refractivity contribution in [3.8, 4) is 0 Å². The van der Waals surface area contributed by atoms with E-state index in [1.807, 2.05) is 0 Å². The molecule has 0 aromatic rings. The summed E-state index contributed by atoms with van der Waals surface area (Å²) in [6.07, 6.45) is 11.7. The van der Waals surface area contributed by atoms with Gasteiger partial charge >= 0.3 is 0 Å². The van der Waals surface area contributed by atoms with Gasteiger partial charge in [-0.25, -0.2) is 0 Å². The van der Waals surface area contributed by atoms with E-state index < -0.39 is 0 Å². The normalized spacial score (nSPS) is 13.9. The van der Waals surface area contributed by atoms with Crippen molar-refractivity contribution in [1.82, 2.24) is 0 Å². The standard InChI is InChI=1S/C15H34N2/c1-4-14(17)11-9-7-5-6-8-10-12-15(2,3)13-16/h14H,4-13,16-17H2,1-3H3. The summed E-state index contributed by atoms with van der Waals surface area (Å²) >= 11 is 0. The van der Waals surface area contributed by atoms with Crippen LogP contribution in [0.4, 0.5) is 0 Å². The SMILES string of the molecule is CCC(N)CCCCCCCCC(C)(C)CN. The van der Waals surface area contributed by atoms with E-state index in [1.54, 1.807) is 0 Å². The van der Waals surface area contributed by atoms with E-state index in [4.69, 9.17) is 11.5 Å². The number of unbranched alkanes of at least 4 members (excludes halogenated alkanes) is 5. The molecule has 1 unspecified atom stereocenters. The van der Waals surface area contributed by atoms with Crippen LogP contribution >= 0.6 is 0 Å². The Balaban J connectivity index is 3.19. The Bertz CT molecular complexity index is 166. The summed E-state index contributed by atoms with van der Waals surface area (Å²) in [7, 11) is 0. The fourth-order valence-electron chi connectivity index (χ4n) is 2.02. The second-order valence-corrected chi connectivity index (χ2v) is 6.20. The zero-order valence-electron chi connectivity index (χ0n) is 12.3. The molecule has 1 atom stereocenters. The highest BCUT2D eigenvalue weighted by atomic mass is 14.6. The summed E-state index contributed by atoms with van der Waals surface area (Å²) in [4.78, 5) is 0. The highest BCUT2D eigenvalue weighted by molar-refractivity contribution is 4.68. The molecule has 0 rings (SSSR count). The molecular formula is C15H34N2. The lowest BCUT2D eigenvalue weighted by Gasteiger charge is -2.21. The zero-order valence-corrected chi connectivity index (χ0v) is 12.3. The molecular weight excluding hydrogens is 208 g/mol. The van der Waals surface area contributed by atoms with Crippen LogP contribution in [0.25, 0.3) is 0 Å². The number of nitrogens with two attached hydrogens (primary N) is 2. The maximum Gasteiger partial charge on any atom is 0.00362 e. The van der Waals surface area contributed by atoms with Crippen LogP contribution in [-0.4, -0.2) is 12.6 Å². The Morgan fingerprint density at radius 3 is 2.00 bits per heavy atom. The summed E-state index contributed by atoms with van der Waals surface area (Å²) < 4.78 is 0. The molecule has 4 N–H and O–H groups in total. The molecule has 0 saturated carbocycles. The van der Waals surface area contributed by atoms with E-state index in [0.717, 1.165) is 13.0 Å². The second kappa shape index (κ2) is 9.90. The first-order valence-electron chi connectivity index (χ1n) is 7.47. The summed E-state index contributed by atoms with van der Waals surface area (Å²) in [5.41, 5.74) is 11.9. The molecule has 0 amide bonds. The third-order valence-electron chi connectivity index (χ3n) is 3.76. The molecule has 0 aliphatic carbocycles. The fraction of sp³-hybridized carbons (Fsp3) is 1.00. The van der Waals surface area contributed by atoms with Gasteiger partial charge in [0.25, 0.3) is 0 Å². The van der Waals surface area contributed by atoms with Gasteiger partial charge in [0.1, 0.15) is 0 Å². The summed E-state index contributed by atoms with van der Waals surface area (Å²) in [5, 5.41) is 0. The largest absolute Gasteiger partial charge is 0.330 e. The molecule has 0 heterocycles. The van der Waals surface area contributed by atoms with Crippen molar-refractivity contribution in [3.05, 3.63) is 0 Å². The summed E-state index contributed by atoms with van der Waals surface area (Å²) in [6.45, 7) is 7.50. The minimum absolute atomic E-state index is 0.341. The fourth-order valence-corrected chi connectivity index (χ4v) is 2.02. The monoisotopic (exact) mass is 242 g/mol. The average Bonchev–Trinajstić information content (AvgIpc) is 2.32. The van der Waals surface area contributed by atoms with Gasteiger partial charge in [-0.2, -0.15) is 0 Å². The van der Waals surface area contributed by atoms with Crippen LogP contribution in [-0.2, 0) is 0 Å². The van der Waals surface area contributed by atoms with Gasteiger partial charge < -0.3 is 11.5 Å². The van der Waals surface area contributed by atoms with Crippen molar-refractivity contribution in [1.29, 1.82) is 0 Å². The Kier molecular flexibility index (Phi) is 9.85. The number of hydrogen-bond donors (Lipinski definition) is 2.